The first-order valence-electron chi connectivity index (χ1n) is 6.15. The van der Waals surface area contributed by atoms with Gasteiger partial charge < -0.3 is 9.64 Å². The molecule has 2 aromatic carbocycles. The van der Waals surface area contributed by atoms with Crippen LogP contribution in [0.5, 0.6) is 5.75 Å². The van der Waals surface area contributed by atoms with E-state index in [0.29, 0.717) is 34.5 Å². The van der Waals surface area contributed by atoms with E-state index in [4.69, 9.17) is 27.9 Å². The highest BCUT2D eigenvalue weighted by Crippen LogP contribution is 2.33. The van der Waals surface area contributed by atoms with E-state index < -0.39 is 0 Å². The SMILES string of the molecule is O=C(c1ccc(Cl)cc1Cl)N1CCOc2ccccc21. The second-order valence-corrected chi connectivity index (χ2v) is 5.24. The normalized spacial score (nSPS) is 13.6. The number of para-hydroxylation sites is 2. The van der Waals surface area contributed by atoms with Crippen molar-refractivity contribution >= 4 is 34.8 Å². The van der Waals surface area contributed by atoms with Crippen LogP contribution in [0.1, 0.15) is 10.4 Å². The van der Waals surface area contributed by atoms with Crippen LogP contribution in [-0.2, 0) is 0 Å². The molecule has 1 amide bonds. The minimum Gasteiger partial charge on any atom is -0.490 e. The van der Waals surface area contributed by atoms with Crippen LogP contribution in [0.15, 0.2) is 42.5 Å². The maximum absolute atomic E-state index is 12.6. The average molecular weight is 308 g/mol. The highest BCUT2D eigenvalue weighted by atomic mass is 35.5. The van der Waals surface area contributed by atoms with Gasteiger partial charge in [-0.3, -0.25) is 4.79 Å². The number of amides is 1. The molecule has 0 saturated heterocycles. The molecule has 0 unspecified atom stereocenters. The summed E-state index contributed by atoms with van der Waals surface area (Å²) in [6.07, 6.45) is 0. The predicted octanol–water partition coefficient (Wildman–Crippen LogP) is 4.03. The Kier molecular flexibility index (Phi) is 3.55. The summed E-state index contributed by atoms with van der Waals surface area (Å²) in [4.78, 5) is 14.3. The van der Waals surface area contributed by atoms with Gasteiger partial charge in [-0.1, -0.05) is 35.3 Å². The van der Waals surface area contributed by atoms with Crippen LogP contribution in [0.2, 0.25) is 10.0 Å². The third-order valence-corrected chi connectivity index (χ3v) is 3.68. The monoisotopic (exact) mass is 307 g/mol. The number of hydrogen-bond acceptors (Lipinski definition) is 2. The summed E-state index contributed by atoms with van der Waals surface area (Å²) in [5.74, 6) is 0.555. The van der Waals surface area contributed by atoms with Crippen molar-refractivity contribution in [1.29, 1.82) is 0 Å². The van der Waals surface area contributed by atoms with Gasteiger partial charge in [0.25, 0.3) is 5.91 Å². The molecule has 5 heteroatoms. The van der Waals surface area contributed by atoms with Gasteiger partial charge in [-0.2, -0.15) is 0 Å². The highest BCUT2D eigenvalue weighted by molar-refractivity contribution is 6.37. The first-order valence-corrected chi connectivity index (χ1v) is 6.91. The van der Waals surface area contributed by atoms with Gasteiger partial charge in [0.2, 0.25) is 0 Å². The summed E-state index contributed by atoms with van der Waals surface area (Å²) in [7, 11) is 0. The molecule has 0 bridgehead atoms. The van der Waals surface area contributed by atoms with E-state index in [2.05, 4.69) is 0 Å². The molecule has 0 fully saturated rings. The summed E-state index contributed by atoms with van der Waals surface area (Å²) < 4.78 is 5.54. The molecule has 2 aromatic rings. The topological polar surface area (TPSA) is 29.5 Å². The molecule has 3 rings (SSSR count). The van der Waals surface area contributed by atoms with Crippen LogP contribution in [0.25, 0.3) is 0 Å². The van der Waals surface area contributed by atoms with Gasteiger partial charge in [0.05, 0.1) is 22.8 Å². The van der Waals surface area contributed by atoms with Crippen molar-refractivity contribution in [2.24, 2.45) is 0 Å². The van der Waals surface area contributed by atoms with Crippen molar-refractivity contribution in [3.8, 4) is 5.75 Å². The lowest BCUT2D eigenvalue weighted by atomic mass is 10.1. The van der Waals surface area contributed by atoms with Crippen molar-refractivity contribution in [1.82, 2.24) is 0 Å². The number of halogens is 2. The zero-order valence-electron chi connectivity index (χ0n) is 10.5. The number of hydrogen-bond donors (Lipinski definition) is 0. The van der Waals surface area contributed by atoms with Crippen molar-refractivity contribution < 1.29 is 9.53 Å². The van der Waals surface area contributed by atoms with E-state index in [0.717, 1.165) is 5.69 Å². The number of benzene rings is 2. The maximum atomic E-state index is 12.6. The van der Waals surface area contributed by atoms with Gasteiger partial charge in [-0.25, -0.2) is 0 Å². The molecule has 0 spiro atoms. The molecule has 0 radical (unpaired) electrons. The van der Waals surface area contributed by atoms with E-state index in [1.165, 1.54) is 0 Å². The van der Waals surface area contributed by atoms with Crippen LogP contribution in [-0.4, -0.2) is 19.1 Å². The lowest BCUT2D eigenvalue weighted by molar-refractivity contribution is 0.0977. The van der Waals surface area contributed by atoms with E-state index in [1.807, 2.05) is 24.3 Å². The van der Waals surface area contributed by atoms with Crippen molar-refractivity contribution in [2.45, 2.75) is 0 Å². The lowest BCUT2D eigenvalue weighted by Gasteiger charge is -2.29. The smallest absolute Gasteiger partial charge is 0.260 e. The zero-order valence-corrected chi connectivity index (χ0v) is 12.0. The number of nitrogens with zero attached hydrogens (tertiary/aromatic N) is 1. The fraction of sp³-hybridized carbons (Fsp3) is 0.133. The lowest BCUT2D eigenvalue weighted by Crippen LogP contribution is -2.38. The highest BCUT2D eigenvalue weighted by Gasteiger charge is 2.25. The Hall–Kier alpha value is -1.71. The van der Waals surface area contributed by atoms with Crippen LogP contribution in [0.3, 0.4) is 0 Å². The Bertz CT molecular complexity index is 673. The Labute approximate surface area is 126 Å². The second kappa shape index (κ2) is 5.35. The van der Waals surface area contributed by atoms with E-state index in [-0.39, 0.29) is 5.91 Å². The third-order valence-electron chi connectivity index (χ3n) is 3.14. The Morgan fingerprint density at radius 3 is 2.75 bits per heavy atom. The van der Waals surface area contributed by atoms with Gasteiger partial charge in [-0.15, -0.1) is 0 Å². The molecular weight excluding hydrogens is 297 g/mol. The summed E-state index contributed by atoms with van der Waals surface area (Å²) >= 11 is 12.0. The van der Waals surface area contributed by atoms with Crippen LogP contribution in [0, 0.1) is 0 Å². The largest absolute Gasteiger partial charge is 0.490 e. The Morgan fingerprint density at radius 1 is 1.15 bits per heavy atom. The van der Waals surface area contributed by atoms with Gasteiger partial charge in [-0.05, 0) is 30.3 Å². The quantitative estimate of drug-likeness (QED) is 0.796. The van der Waals surface area contributed by atoms with E-state index >= 15 is 0 Å². The minimum atomic E-state index is -0.151. The van der Waals surface area contributed by atoms with Crippen molar-refractivity contribution in [2.75, 3.05) is 18.1 Å². The van der Waals surface area contributed by atoms with E-state index in [9.17, 15) is 4.79 Å². The molecule has 102 valence electrons. The van der Waals surface area contributed by atoms with Gasteiger partial charge in [0.15, 0.2) is 0 Å². The number of fused-ring (bicyclic) bond motifs is 1. The van der Waals surface area contributed by atoms with Crippen LogP contribution < -0.4 is 9.64 Å². The number of ether oxygens (including phenoxy) is 1. The third kappa shape index (κ3) is 2.35. The average Bonchev–Trinajstić information content (AvgIpc) is 2.46. The summed E-state index contributed by atoms with van der Waals surface area (Å²) in [6, 6.07) is 12.3. The number of rotatable bonds is 1. The summed E-state index contributed by atoms with van der Waals surface area (Å²) in [5.41, 5.74) is 1.20. The second-order valence-electron chi connectivity index (χ2n) is 4.40. The fourth-order valence-electron chi connectivity index (χ4n) is 2.19. The molecule has 0 N–H and O–H groups in total. The van der Waals surface area contributed by atoms with Gasteiger partial charge in [0.1, 0.15) is 12.4 Å². The Balaban J connectivity index is 2.00. The number of carbonyl (C=O) groups is 1. The fourth-order valence-corrected chi connectivity index (χ4v) is 2.68. The molecule has 0 aromatic heterocycles. The van der Waals surface area contributed by atoms with Gasteiger partial charge in [0, 0.05) is 5.02 Å². The molecule has 1 aliphatic heterocycles. The molecule has 0 saturated carbocycles. The van der Waals surface area contributed by atoms with E-state index in [1.54, 1.807) is 23.1 Å². The van der Waals surface area contributed by atoms with Crippen LogP contribution >= 0.6 is 23.2 Å². The molecule has 1 aliphatic rings. The van der Waals surface area contributed by atoms with Crippen molar-refractivity contribution in [3.05, 3.63) is 58.1 Å². The zero-order chi connectivity index (χ0) is 14.1. The molecule has 0 aliphatic carbocycles. The molecule has 20 heavy (non-hydrogen) atoms. The standard InChI is InChI=1S/C15H11Cl2NO2/c16-10-5-6-11(12(17)9-10)15(19)18-7-8-20-14-4-2-1-3-13(14)18/h1-6,9H,7-8H2. The van der Waals surface area contributed by atoms with Crippen LogP contribution in [0.4, 0.5) is 5.69 Å². The maximum Gasteiger partial charge on any atom is 0.260 e. The van der Waals surface area contributed by atoms with Crippen molar-refractivity contribution in [3.63, 3.8) is 0 Å². The minimum absolute atomic E-state index is 0.151. The molecule has 3 nitrogen and oxygen atoms in total. The predicted molar refractivity (Wildman–Crippen MR) is 80.1 cm³/mol. The summed E-state index contributed by atoms with van der Waals surface area (Å²) in [5, 5.41) is 0.861. The van der Waals surface area contributed by atoms with Gasteiger partial charge >= 0.3 is 0 Å². The first kappa shape index (κ1) is 13.3. The first-order chi connectivity index (χ1) is 9.66. The molecule has 0 atom stereocenters. The Morgan fingerprint density at radius 2 is 1.95 bits per heavy atom. The number of anilines is 1. The summed E-state index contributed by atoms with van der Waals surface area (Å²) in [6.45, 7) is 0.961. The number of carbonyl (C=O) groups excluding carboxylic acids is 1. The molecular formula is C15H11Cl2NO2. The molecule has 1 heterocycles.